The molecule has 0 aromatic rings. The minimum atomic E-state index is -0.202. The highest BCUT2D eigenvalue weighted by Gasteiger charge is 2.22. The van der Waals surface area contributed by atoms with Crippen molar-refractivity contribution in [3.63, 3.8) is 0 Å². The minimum Gasteiger partial charge on any atom is -0.370 e. The van der Waals surface area contributed by atoms with Crippen LogP contribution in [0.2, 0.25) is 0 Å². The summed E-state index contributed by atoms with van der Waals surface area (Å²) in [5.41, 5.74) is 6.44. The van der Waals surface area contributed by atoms with Gasteiger partial charge in [-0.3, -0.25) is 9.79 Å². The Hall–Kier alpha value is -1.16. The van der Waals surface area contributed by atoms with Gasteiger partial charge in [-0.2, -0.15) is 0 Å². The molecule has 1 amide bonds. The molecule has 2 aliphatic rings. The molecule has 94 valence electrons. The largest absolute Gasteiger partial charge is 0.370 e. The fourth-order valence-corrected chi connectivity index (χ4v) is 2.51. The number of hydrogen-bond acceptors (Lipinski definition) is 3. The van der Waals surface area contributed by atoms with Gasteiger partial charge in [-0.1, -0.05) is 6.08 Å². The van der Waals surface area contributed by atoms with E-state index >= 15 is 0 Å². The first-order valence-corrected chi connectivity index (χ1v) is 6.47. The number of amides is 1. The topological polar surface area (TPSA) is 58.7 Å². The molecule has 0 bridgehead atoms. The van der Waals surface area contributed by atoms with Crippen LogP contribution in [0, 0.1) is 5.92 Å². The number of aliphatic imine (C=N–C) groups is 1. The van der Waals surface area contributed by atoms with Crippen LogP contribution in [0.5, 0.6) is 0 Å². The van der Waals surface area contributed by atoms with Crippen molar-refractivity contribution in [3.8, 4) is 0 Å². The lowest BCUT2D eigenvalue weighted by Gasteiger charge is -2.32. The van der Waals surface area contributed by atoms with Gasteiger partial charge in [0.1, 0.15) is 0 Å². The number of likely N-dealkylation sites (tertiary alicyclic amines) is 1. The van der Waals surface area contributed by atoms with Crippen molar-refractivity contribution in [2.24, 2.45) is 16.6 Å². The molecular weight excluding hydrogens is 214 g/mol. The van der Waals surface area contributed by atoms with Gasteiger partial charge in [0.15, 0.2) is 0 Å². The Morgan fingerprint density at radius 3 is 2.82 bits per heavy atom. The maximum atomic E-state index is 10.7. The van der Waals surface area contributed by atoms with Crippen molar-refractivity contribution in [1.29, 1.82) is 0 Å². The first kappa shape index (κ1) is 12.3. The van der Waals surface area contributed by atoms with Crippen molar-refractivity contribution in [3.05, 3.63) is 12.2 Å². The predicted molar refractivity (Wildman–Crippen MR) is 69.0 cm³/mol. The lowest BCUT2D eigenvalue weighted by atomic mass is 9.90. The summed E-state index contributed by atoms with van der Waals surface area (Å²) in [4.78, 5) is 17.6. The maximum absolute atomic E-state index is 10.7. The van der Waals surface area contributed by atoms with E-state index in [-0.39, 0.29) is 5.91 Å². The van der Waals surface area contributed by atoms with E-state index in [4.69, 9.17) is 5.73 Å². The van der Waals surface area contributed by atoms with Gasteiger partial charge < -0.3 is 10.6 Å². The summed E-state index contributed by atoms with van der Waals surface area (Å²) < 4.78 is 0. The number of hydrogen-bond donors (Lipinski definition) is 1. The van der Waals surface area contributed by atoms with Gasteiger partial charge in [-0.15, -0.1) is 0 Å². The zero-order valence-corrected chi connectivity index (χ0v) is 10.3. The summed E-state index contributed by atoms with van der Waals surface area (Å²) in [6, 6.07) is 0. The fourth-order valence-electron chi connectivity index (χ4n) is 2.51. The van der Waals surface area contributed by atoms with Crippen molar-refractivity contribution >= 4 is 11.6 Å². The Balaban J connectivity index is 1.76. The lowest BCUT2D eigenvalue weighted by Crippen LogP contribution is -2.38. The Morgan fingerprint density at radius 1 is 1.47 bits per heavy atom. The van der Waals surface area contributed by atoms with Gasteiger partial charge in [0.2, 0.25) is 5.91 Å². The smallest absolute Gasteiger partial charge is 0.218 e. The van der Waals surface area contributed by atoms with Crippen LogP contribution in [-0.2, 0) is 4.79 Å². The van der Waals surface area contributed by atoms with E-state index < -0.39 is 0 Å². The number of carbonyl (C=O) groups excluding carboxylic acids is 1. The van der Waals surface area contributed by atoms with Crippen molar-refractivity contribution in [1.82, 2.24) is 4.90 Å². The van der Waals surface area contributed by atoms with Crippen molar-refractivity contribution in [2.45, 2.75) is 25.7 Å². The molecule has 1 fully saturated rings. The SMILES string of the molecule is NC(=O)CCN1CCC(C2=NCCC=C2)CC1. The number of nitrogens with zero attached hydrogens (tertiary/aromatic N) is 2. The number of allylic oxidation sites excluding steroid dienone is 1. The maximum Gasteiger partial charge on any atom is 0.218 e. The third-order valence-corrected chi connectivity index (χ3v) is 3.56. The molecule has 0 radical (unpaired) electrons. The molecule has 2 rings (SSSR count). The number of piperidine rings is 1. The molecule has 0 unspecified atom stereocenters. The molecule has 4 heteroatoms. The van der Waals surface area contributed by atoms with Crippen molar-refractivity contribution < 1.29 is 4.79 Å². The van der Waals surface area contributed by atoms with Crippen LogP contribution in [-0.4, -0.2) is 42.7 Å². The summed E-state index contributed by atoms with van der Waals surface area (Å²) >= 11 is 0. The number of carbonyl (C=O) groups is 1. The number of nitrogens with two attached hydrogens (primary N) is 1. The Labute approximate surface area is 103 Å². The van der Waals surface area contributed by atoms with E-state index in [2.05, 4.69) is 22.0 Å². The summed E-state index contributed by atoms with van der Waals surface area (Å²) in [6.45, 7) is 3.88. The lowest BCUT2D eigenvalue weighted by molar-refractivity contribution is -0.118. The molecule has 2 N–H and O–H groups in total. The van der Waals surface area contributed by atoms with E-state index in [0.29, 0.717) is 12.3 Å². The summed E-state index contributed by atoms with van der Waals surface area (Å²) in [6.07, 6.45) is 8.28. The zero-order valence-electron chi connectivity index (χ0n) is 10.3. The van der Waals surface area contributed by atoms with Gasteiger partial charge >= 0.3 is 0 Å². The van der Waals surface area contributed by atoms with Crippen LogP contribution >= 0.6 is 0 Å². The van der Waals surface area contributed by atoms with E-state index in [1.807, 2.05) is 0 Å². The molecule has 17 heavy (non-hydrogen) atoms. The summed E-state index contributed by atoms with van der Waals surface area (Å²) in [7, 11) is 0. The average Bonchev–Trinajstić information content (AvgIpc) is 2.38. The third-order valence-electron chi connectivity index (χ3n) is 3.56. The second-order valence-corrected chi connectivity index (χ2v) is 4.83. The van der Waals surface area contributed by atoms with Gasteiger partial charge in [0, 0.05) is 31.1 Å². The Bertz CT molecular complexity index is 328. The van der Waals surface area contributed by atoms with E-state index in [0.717, 1.165) is 45.4 Å². The van der Waals surface area contributed by atoms with Crippen LogP contribution in [0.25, 0.3) is 0 Å². The van der Waals surface area contributed by atoms with Crippen molar-refractivity contribution in [2.75, 3.05) is 26.2 Å². The van der Waals surface area contributed by atoms with Crippen LogP contribution in [0.4, 0.5) is 0 Å². The van der Waals surface area contributed by atoms with Crippen LogP contribution < -0.4 is 5.73 Å². The molecule has 0 aromatic heterocycles. The molecule has 0 atom stereocenters. The van der Waals surface area contributed by atoms with Gasteiger partial charge in [-0.25, -0.2) is 0 Å². The van der Waals surface area contributed by atoms with E-state index in [9.17, 15) is 4.79 Å². The highest BCUT2D eigenvalue weighted by Crippen LogP contribution is 2.21. The normalized spacial score (nSPS) is 22.5. The number of primary amides is 1. The van der Waals surface area contributed by atoms with E-state index in [1.54, 1.807) is 0 Å². The van der Waals surface area contributed by atoms with E-state index in [1.165, 1.54) is 5.71 Å². The number of dihydropyridines is 1. The summed E-state index contributed by atoms with van der Waals surface area (Å²) in [5.74, 6) is 0.420. The van der Waals surface area contributed by atoms with Gasteiger partial charge in [0.25, 0.3) is 0 Å². The molecule has 2 aliphatic heterocycles. The Kier molecular flexibility index (Phi) is 4.31. The fraction of sp³-hybridized carbons (Fsp3) is 0.692. The molecule has 1 saturated heterocycles. The number of rotatable bonds is 4. The summed E-state index contributed by atoms with van der Waals surface area (Å²) in [5, 5.41) is 0. The first-order valence-electron chi connectivity index (χ1n) is 6.47. The highest BCUT2D eigenvalue weighted by molar-refractivity contribution is 5.97. The molecule has 2 heterocycles. The second kappa shape index (κ2) is 5.96. The molecule has 0 aliphatic carbocycles. The molecule has 0 saturated carbocycles. The zero-order chi connectivity index (χ0) is 12.1. The Morgan fingerprint density at radius 2 is 2.24 bits per heavy atom. The highest BCUT2D eigenvalue weighted by atomic mass is 16.1. The first-order chi connectivity index (χ1) is 8.25. The average molecular weight is 235 g/mol. The molecule has 4 nitrogen and oxygen atoms in total. The predicted octanol–water partition coefficient (Wildman–Crippen LogP) is 0.975. The molecule has 0 spiro atoms. The molecular formula is C13H21N3O. The van der Waals surface area contributed by atoms with Crippen LogP contribution in [0.15, 0.2) is 17.1 Å². The minimum absolute atomic E-state index is 0.202. The van der Waals surface area contributed by atoms with Crippen LogP contribution in [0.3, 0.4) is 0 Å². The quantitative estimate of drug-likeness (QED) is 0.789. The molecule has 0 aromatic carbocycles. The van der Waals surface area contributed by atoms with Gasteiger partial charge in [-0.05, 0) is 38.4 Å². The van der Waals surface area contributed by atoms with Crippen LogP contribution in [0.1, 0.15) is 25.7 Å². The second-order valence-electron chi connectivity index (χ2n) is 4.83. The monoisotopic (exact) mass is 235 g/mol. The third kappa shape index (κ3) is 3.66. The van der Waals surface area contributed by atoms with Gasteiger partial charge in [0.05, 0.1) is 0 Å². The standard InChI is InChI=1S/C13H21N3O/c14-13(17)6-10-16-8-4-11(5-9-16)12-3-1-2-7-15-12/h1,3,11H,2,4-10H2,(H2,14,17).